The van der Waals surface area contributed by atoms with E-state index < -0.39 is 0 Å². The summed E-state index contributed by atoms with van der Waals surface area (Å²) in [5.41, 5.74) is 5.88. The molecule has 4 heterocycles. The van der Waals surface area contributed by atoms with Gasteiger partial charge in [0.1, 0.15) is 12.0 Å². The average molecular weight is 466 g/mol. The Bertz CT molecular complexity index is 1640. The maximum Gasteiger partial charge on any atom is 0.198 e. The lowest BCUT2D eigenvalue weighted by Gasteiger charge is -2.14. The van der Waals surface area contributed by atoms with Crippen molar-refractivity contribution in [3.05, 3.63) is 76.9 Å². The number of nitrogens with zero attached hydrogens (tertiary/aromatic N) is 7. The SMILES string of the molecule is Cc1cc2c(cc1-n1cnc(C3CC3)c1)c(=O)c(-c1cccc(-c3nncn3C(C)C)n1)cn2C. The summed E-state index contributed by atoms with van der Waals surface area (Å²) in [6, 6.07) is 9.93. The molecule has 0 N–H and O–H groups in total. The number of benzene rings is 1. The molecule has 8 heteroatoms. The van der Waals surface area contributed by atoms with Crippen LogP contribution in [0.3, 0.4) is 0 Å². The maximum absolute atomic E-state index is 13.8. The van der Waals surface area contributed by atoms with Gasteiger partial charge in [-0.3, -0.25) is 4.79 Å². The van der Waals surface area contributed by atoms with Crippen LogP contribution in [0.4, 0.5) is 0 Å². The molecule has 1 fully saturated rings. The molecule has 6 rings (SSSR count). The standard InChI is InChI=1S/C27H27N7O/c1-16(2)34-15-29-31-27(34)22-7-5-6-21(30-22)20-12-32(4)25-10-17(3)24(11-19(25)26(20)35)33-13-23(28-14-33)18-8-9-18/h5-7,10-16,18H,8-9H2,1-4H3. The fraction of sp³-hybridized carbons (Fsp3) is 0.296. The predicted molar refractivity (Wildman–Crippen MR) is 136 cm³/mol. The molecule has 0 bridgehead atoms. The van der Waals surface area contributed by atoms with Crippen molar-refractivity contribution in [2.75, 3.05) is 0 Å². The number of fused-ring (bicyclic) bond motifs is 1. The highest BCUT2D eigenvalue weighted by atomic mass is 16.1. The number of hydrogen-bond donors (Lipinski definition) is 0. The normalized spacial score (nSPS) is 13.7. The molecule has 0 amide bonds. The molecule has 176 valence electrons. The lowest BCUT2D eigenvalue weighted by atomic mass is 10.0. The van der Waals surface area contributed by atoms with Gasteiger partial charge in [-0.1, -0.05) is 6.07 Å². The second-order valence-electron chi connectivity index (χ2n) is 9.68. The summed E-state index contributed by atoms with van der Waals surface area (Å²) < 4.78 is 6.00. The van der Waals surface area contributed by atoms with Crippen molar-refractivity contribution in [1.82, 2.24) is 33.9 Å². The zero-order chi connectivity index (χ0) is 24.3. The van der Waals surface area contributed by atoms with Crippen LogP contribution < -0.4 is 5.43 Å². The first-order valence-electron chi connectivity index (χ1n) is 12.0. The number of aryl methyl sites for hydroxylation is 2. The van der Waals surface area contributed by atoms with Crippen molar-refractivity contribution in [1.29, 1.82) is 0 Å². The molecular weight excluding hydrogens is 438 g/mol. The van der Waals surface area contributed by atoms with E-state index in [1.807, 2.05) is 57.5 Å². The topological polar surface area (TPSA) is 83.4 Å². The zero-order valence-corrected chi connectivity index (χ0v) is 20.3. The Morgan fingerprint density at radius 2 is 1.86 bits per heavy atom. The van der Waals surface area contributed by atoms with Crippen LogP contribution in [-0.4, -0.2) is 33.9 Å². The van der Waals surface area contributed by atoms with E-state index in [1.165, 1.54) is 12.8 Å². The number of pyridine rings is 2. The molecule has 35 heavy (non-hydrogen) atoms. The lowest BCUT2D eigenvalue weighted by Crippen LogP contribution is -2.12. The van der Waals surface area contributed by atoms with Gasteiger partial charge in [-0.2, -0.15) is 0 Å². The van der Waals surface area contributed by atoms with E-state index in [0.717, 1.165) is 22.5 Å². The second kappa shape index (κ2) is 8.01. The highest BCUT2D eigenvalue weighted by molar-refractivity contribution is 5.86. The molecule has 1 aliphatic rings. The minimum Gasteiger partial charge on any atom is -0.350 e. The van der Waals surface area contributed by atoms with Crippen molar-refractivity contribution in [3.8, 4) is 28.5 Å². The minimum absolute atomic E-state index is 0.0446. The summed E-state index contributed by atoms with van der Waals surface area (Å²) in [6.07, 6.45) is 9.93. The van der Waals surface area contributed by atoms with Gasteiger partial charge in [0.05, 0.1) is 34.5 Å². The quantitative estimate of drug-likeness (QED) is 0.372. The van der Waals surface area contributed by atoms with Gasteiger partial charge in [0, 0.05) is 36.8 Å². The number of hydrogen-bond acceptors (Lipinski definition) is 5. The first kappa shape index (κ1) is 21.5. The third-order valence-electron chi connectivity index (χ3n) is 6.77. The van der Waals surface area contributed by atoms with E-state index in [0.29, 0.717) is 34.1 Å². The first-order chi connectivity index (χ1) is 16.9. The molecule has 1 aliphatic carbocycles. The van der Waals surface area contributed by atoms with Gasteiger partial charge in [-0.15, -0.1) is 10.2 Å². The zero-order valence-electron chi connectivity index (χ0n) is 20.3. The number of rotatable bonds is 5. The molecule has 5 aromatic rings. The lowest BCUT2D eigenvalue weighted by molar-refractivity contribution is 0.603. The molecule has 8 nitrogen and oxygen atoms in total. The van der Waals surface area contributed by atoms with Crippen molar-refractivity contribution < 1.29 is 0 Å². The molecule has 1 aromatic carbocycles. The molecule has 0 saturated heterocycles. The van der Waals surface area contributed by atoms with Gasteiger partial charge < -0.3 is 13.7 Å². The minimum atomic E-state index is -0.0446. The Balaban J connectivity index is 1.49. The fourth-order valence-corrected chi connectivity index (χ4v) is 4.66. The van der Waals surface area contributed by atoms with Gasteiger partial charge in [-0.25, -0.2) is 9.97 Å². The molecule has 0 spiro atoms. The Labute approximate surface area is 202 Å². The smallest absolute Gasteiger partial charge is 0.198 e. The van der Waals surface area contributed by atoms with Crippen LogP contribution in [0.25, 0.3) is 39.4 Å². The summed E-state index contributed by atoms with van der Waals surface area (Å²) in [7, 11) is 1.96. The fourth-order valence-electron chi connectivity index (χ4n) is 4.66. The van der Waals surface area contributed by atoms with Crippen molar-refractivity contribution >= 4 is 10.9 Å². The van der Waals surface area contributed by atoms with Crippen LogP contribution in [0.5, 0.6) is 0 Å². The van der Waals surface area contributed by atoms with E-state index in [4.69, 9.17) is 4.98 Å². The number of imidazole rings is 1. The van der Waals surface area contributed by atoms with E-state index in [2.05, 4.69) is 48.2 Å². The van der Waals surface area contributed by atoms with Crippen molar-refractivity contribution in [2.45, 2.75) is 45.6 Å². The van der Waals surface area contributed by atoms with Crippen molar-refractivity contribution in [2.24, 2.45) is 7.05 Å². The Morgan fingerprint density at radius 3 is 2.63 bits per heavy atom. The molecular formula is C27H27N7O. The second-order valence-corrected chi connectivity index (χ2v) is 9.68. The van der Waals surface area contributed by atoms with Crippen LogP contribution >= 0.6 is 0 Å². The Hall–Kier alpha value is -4.07. The first-order valence-corrected chi connectivity index (χ1v) is 12.0. The van der Waals surface area contributed by atoms with E-state index >= 15 is 0 Å². The monoisotopic (exact) mass is 465 g/mol. The molecule has 4 aromatic heterocycles. The van der Waals surface area contributed by atoms with E-state index in [-0.39, 0.29) is 11.5 Å². The third kappa shape index (κ3) is 3.65. The van der Waals surface area contributed by atoms with Crippen LogP contribution in [0, 0.1) is 6.92 Å². The highest BCUT2D eigenvalue weighted by Gasteiger charge is 2.26. The molecule has 0 atom stereocenters. The summed E-state index contributed by atoms with van der Waals surface area (Å²) in [6.45, 7) is 6.21. The molecule has 0 unspecified atom stereocenters. The van der Waals surface area contributed by atoms with E-state index in [1.54, 1.807) is 6.33 Å². The van der Waals surface area contributed by atoms with Gasteiger partial charge in [0.25, 0.3) is 0 Å². The van der Waals surface area contributed by atoms with Gasteiger partial charge >= 0.3 is 0 Å². The Morgan fingerprint density at radius 1 is 1.06 bits per heavy atom. The van der Waals surface area contributed by atoms with Gasteiger partial charge in [-0.05, 0) is 63.4 Å². The highest BCUT2D eigenvalue weighted by Crippen LogP contribution is 2.39. The molecule has 0 radical (unpaired) electrons. The van der Waals surface area contributed by atoms with Gasteiger partial charge in [0.15, 0.2) is 11.3 Å². The summed E-state index contributed by atoms with van der Waals surface area (Å²) in [5, 5.41) is 8.98. The summed E-state index contributed by atoms with van der Waals surface area (Å²) in [5.74, 6) is 1.26. The molecule has 1 saturated carbocycles. The van der Waals surface area contributed by atoms with Crippen molar-refractivity contribution in [3.63, 3.8) is 0 Å². The van der Waals surface area contributed by atoms with Crippen LogP contribution in [0.2, 0.25) is 0 Å². The average Bonchev–Trinajstić information content (AvgIpc) is 3.37. The Kier molecular flexibility index (Phi) is 4.91. The summed E-state index contributed by atoms with van der Waals surface area (Å²) in [4.78, 5) is 23.2. The van der Waals surface area contributed by atoms with Crippen LogP contribution in [0.15, 0.2) is 60.2 Å². The van der Waals surface area contributed by atoms with Crippen LogP contribution in [-0.2, 0) is 7.05 Å². The number of aromatic nitrogens is 7. The largest absolute Gasteiger partial charge is 0.350 e. The third-order valence-corrected chi connectivity index (χ3v) is 6.77. The van der Waals surface area contributed by atoms with Crippen LogP contribution in [0.1, 0.15) is 49.9 Å². The maximum atomic E-state index is 13.8. The predicted octanol–water partition coefficient (Wildman–Crippen LogP) is 4.81. The van der Waals surface area contributed by atoms with E-state index in [9.17, 15) is 4.79 Å². The molecule has 0 aliphatic heterocycles. The summed E-state index contributed by atoms with van der Waals surface area (Å²) >= 11 is 0. The van der Waals surface area contributed by atoms with Gasteiger partial charge in [0.2, 0.25) is 0 Å².